The smallest absolute Gasteiger partial charge is 0.290 e. The predicted octanol–water partition coefficient (Wildman–Crippen LogP) is 4.73. The van der Waals surface area contributed by atoms with Crippen LogP contribution in [0.2, 0.25) is 0 Å². The molecule has 2 unspecified atom stereocenters. The minimum absolute atomic E-state index is 0. The van der Waals surface area contributed by atoms with Gasteiger partial charge in [0.1, 0.15) is 0 Å². The molecule has 142 valence electrons. The van der Waals surface area contributed by atoms with Gasteiger partial charge in [-0.1, -0.05) is 54.5 Å². The van der Waals surface area contributed by atoms with Gasteiger partial charge in [0.05, 0.1) is 6.10 Å². The molecule has 0 saturated carbocycles. The monoisotopic (exact) mass is 333 g/mol. The highest BCUT2D eigenvalue weighted by molar-refractivity contribution is 5.32. The van der Waals surface area contributed by atoms with Crippen molar-refractivity contribution < 1.29 is 15.0 Å². The number of carboxylic acid groups (broad SMARTS) is 1. The molecule has 0 aliphatic heterocycles. The lowest BCUT2D eigenvalue weighted by Gasteiger charge is -2.17. The maximum Gasteiger partial charge on any atom is 0.290 e. The lowest BCUT2D eigenvalue weighted by atomic mass is 10.0. The van der Waals surface area contributed by atoms with Crippen molar-refractivity contribution in [3.8, 4) is 12.3 Å². The van der Waals surface area contributed by atoms with Gasteiger partial charge in [0.15, 0.2) is 0 Å². The predicted molar refractivity (Wildman–Crippen MR) is 106 cm³/mol. The van der Waals surface area contributed by atoms with Gasteiger partial charge in [-0.2, -0.15) is 0 Å². The van der Waals surface area contributed by atoms with Crippen molar-refractivity contribution in [2.75, 3.05) is 7.05 Å². The summed E-state index contributed by atoms with van der Waals surface area (Å²) in [6.45, 7) is 15.1. The van der Waals surface area contributed by atoms with Crippen LogP contribution in [0.3, 0.4) is 0 Å². The molecule has 4 heteroatoms. The number of carbonyl (C=O) groups is 1. The molecule has 0 aliphatic carbocycles. The Morgan fingerprint density at radius 1 is 1.30 bits per heavy atom. The first-order valence-corrected chi connectivity index (χ1v) is 8.01. The summed E-state index contributed by atoms with van der Waals surface area (Å²) in [5.41, 5.74) is 0. The van der Waals surface area contributed by atoms with Crippen molar-refractivity contribution in [1.29, 1.82) is 0 Å². The molecule has 0 aromatic rings. The van der Waals surface area contributed by atoms with E-state index in [1.165, 1.54) is 0 Å². The Hall–Kier alpha value is -1.31. The summed E-state index contributed by atoms with van der Waals surface area (Å²) >= 11 is 0. The van der Waals surface area contributed by atoms with Gasteiger partial charge in [0.2, 0.25) is 0 Å². The van der Waals surface area contributed by atoms with Crippen LogP contribution in [-0.4, -0.2) is 35.9 Å². The summed E-state index contributed by atoms with van der Waals surface area (Å²) < 4.78 is 0. The number of nitrogens with one attached hydrogen (secondary N) is 1. The van der Waals surface area contributed by atoms with E-state index in [-0.39, 0.29) is 20.0 Å². The van der Waals surface area contributed by atoms with Crippen LogP contribution in [-0.2, 0) is 4.79 Å². The molecular formula is C19H43NO3. The van der Waals surface area contributed by atoms with Crippen LogP contribution >= 0.6 is 0 Å². The van der Waals surface area contributed by atoms with Gasteiger partial charge in [0, 0.05) is 12.5 Å². The highest BCUT2D eigenvalue weighted by atomic mass is 16.3. The average molecular weight is 334 g/mol. The summed E-state index contributed by atoms with van der Waals surface area (Å²) in [6.07, 6.45) is 9.94. The van der Waals surface area contributed by atoms with Gasteiger partial charge in [-0.25, -0.2) is 0 Å². The lowest BCUT2D eigenvalue weighted by Crippen LogP contribution is -2.29. The van der Waals surface area contributed by atoms with E-state index in [0.717, 1.165) is 19.3 Å². The van der Waals surface area contributed by atoms with Crippen molar-refractivity contribution in [1.82, 2.24) is 5.32 Å². The number of hydrogen-bond donors (Lipinski definition) is 3. The van der Waals surface area contributed by atoms with Crippen molar-refractivity contribution in [2.45, 2.75) is 86.8 Å². The third-order valence-electron chi connectivity index (χ3n) is 1.96. The van der Waals surface area contributed by atoms with Crippen LogP contribution in [0.15, 0.2) is 12.7 Å². The maximum absolute atomic E-state index is 9.39. The Labute approximate surface area is 146 Å². The highest BCUT2D eigenvalue weighted by Crippen LogP contribution is 2.06. The molecule has 3 N–H and O–H groups in total. The van der Waals surface area contributed by atoms with Crippen LogP contribution in [0, 0.1) is 12.3 Å². The second-order valence-electron chi connectivity index (χ2n) is 3.59. The van der Waals surface area contributed by atoms with Crippen molar-refractivity contribution in [3.05, 3.63) is 12.7 Å². The molecule has 23 heavy (non-hydrogen) atoms. The third-order valence-corrected chi connectivity index (χ3v) is 1.96. The van der Waals surface area contributed by atoms with E-state index >= 15 is 0 Å². The Morgan fingerprint density at radius 3 is 1.87 bits per heavy atom. The van der Waals surface area contributed by atoms with Crippen LogP contribution < -0.4 is 5.32 Å². The standard InChI is InChI=1S/C10H19NO.C3H6.2C2H6.CH2O2.CH4/c1-4-6-9(11-3)8-10(12)7-5-2;1-3-2;2*1-2;2-1-3;/h2,9-12H,4,6-8H2,1,3H3;3H,1H2,2H3;2*1-2H3;1H,(H,2,3);1H4. The molecule has 0 amide bonds. The molecule has 0 radical (unpaired) electrons. The number of allylic oxidation sites excluding steroid dienone is 1. The minimum Gasteiger partial charge on any atom is -0.483 e. The van der Waals surface area contributed by atoms with E-state index in [9.17, 15) is 5.11 Å². The zero-order valence-electron chi connectivity index (χ0n) is 15.7. The van der Waals surface area contributed by atoms with Gasteiger partial charge in [-0.3, -0.25) is 4.79 Å². The summed E-state index contributed by atoms with van der Waals surface area (Å²) in [7, 11) is 1.92. The molecule has 0 aliphatic rings. The average Bonchev–Trinajstić information content (AvgIpc) is 2.52. The van der Waals surface area contributed by atoms with Crippen molar-refractivity contribution in [2.24, 2.45) is 0 Å². The molecule has 0 fully saturated rings. The first-order valence-electron chi connectivity index (χ1n) is 8.01. The fourth-order valence-electron chi connectivity index (χ4n) is 1.28. The molecule has 0 spiro atoms. The van der Waals surface area contributed by atoms with E-state index in [4.69, 9.17) is 16.3 Å². The molecule has 0 saturated heterocycles. The van der Waals surface area contributed by atoms with Crippen molar-refractivity contribution in [3.63, 3.8) is 0 Å². The molecule has 0 rings (SSSR count). The van der Waals surface area contributed by atoms with Crippen LogP contribution in [0.4, 0.5) is 0 Å². The number of aliphatic hydroxyl groups is 1. The van der Waals surface area contributed by atoms with Gasteiger partial charge in [-0.15, -0.1) is 18.9 Å². The van der Waals surface area contributed by atoms with Gasteiger partial charge in [0.25, 0.3) is 6.47 Å². The first-order chi connectivity index (χ1) is 10.6. The lowest BCUT2D eigenvalue weighted by molar-refractivity contribution is -0.122. The molecule has 0 aromatic carbocycles. The molecule has 2 atom stereocenters. The Bertz CT molecular complexity index is 207. The Morgan fingerprint density at radius 2 is 1.65 bits per heavy atom. The number of terminal acetylenes is 1. The van der Waals surface area contributed by atoms with Gasteiger partial charge >= 0.3 is 0 Å². The van der Waals surface area contributed by atoms with E-state index in [1.807, 2.05) is 41.7 Å². The first kappa shape index (κ1) is 37.7. The van der Waals surface area contributed by atoms with Gasteiger partial charge < -0.3 is 15.5 Å². The molecule has 0 heterocycles. The van der Waals surface area contributed by atoms with Gasteiger partial charge in [-0.05, 0) is 26.8 Å². The molecular weight excluding hydrogens is 290 g/mol. The number of aliphatic hydroxyl groups excluding tert-OH is 1. The zero-order chi connectivity index (χ0) is 18.8. The maximum atomic E-state index is 9.39. The van der Waals surface area contributed by atoms with Crippen LogP contribution in [0.25, 0.3) is 0 Å². The molecule has 0 bridgehead atoms. The Balaban J connectivity index is -0.0000000550. The quantitative estimate of drug-likeness (QED) is 0.373. The normalized spacial score (nSPS) is 9.52. The van der Waals surface area contributed by atoms with E-state index in [0.29, 0.717) is 12.5 Å². The molecule has 4 nitrogen and oxygen atoms in total. The second-order valence-corrected chi connectivity index (χ2v) is 3.59. The summed E-state index contributed by atoms with van der Waals surface area (Å²) in [4.78, 5) is 8.36. The second kappa shape index (κ2) is 49.8. The van der Waals surface area contributed by atoms with Crippen LogP contribution in [0.5, 0.6) is 0 Å². The van der Waals surface area contributed by atoms with Crippen molar-refractivity contribution >= 4 is 6.47 Å². The van der Waals surface area contributed by atoms with E-state index in [1.54, 1.807) is 6.08 Å². The largest absolute Gasteiger partial charge is 0.483 e. The van der Waals surface area contributed by atoms with Crippen LogP contribution in [0.1, 0.15) is 74.7 Å². The topological polar surface area (TPSA) is 69.6 Å². The SMILES string of the molecule is C.C#CCC(O)CC(CCC)NC.C=CC.CC.CC.O=CO. The minimum atomic E-state index is -0.348. The fraction of sp³-hybridized carbons (Fsp3) is 0.737. The number of rotatable bonds is 6. The summed E-state index contributed by atoms with van der Waals surface area (Å²) in [5.74, 6) is 2.46. The summed E-state index contributed by atoms with van der Waals surface area (Å²) in [6, 6.07) is 0.401. The Kier molecular flexibility index (Phi) is 81.7. The zero-order valence-corrected chi connectivity index (χ0v) is 15.7. The fourth-order valence-corrected chi connectivity index (χ4v) is 1.28. The molecule has 0 aromatic heterocycles. The van der Waals surface area contributed by atoms with E-state index in [2.05, 4.69) is 24.7 Å². The highest BCUT2D eigenvalue weighted by Gasteiger charge is 2.10. The summed E-state index contributed by atoms with van der Waals surface area (Å²) in [5, 5.41) is 19.4. The van der Waals surface area contributed by atoms with E-state index < -0.39 is 0 Å². The third kappa shape index (κ3) is 63.2. The number of hydrogen-bond acceptors (Lipinski definition) is 3.